The van der Waals surface area contributed by atoms with Gasteiger partial charge in [0.05, 0.1) is 13.1 Å². The predicted octanol–water partition coefficient (Wildman–Crippen LogP) is 3.03. The van der Waals surface area contributed by atoms with Gasteiger partial charge in [-0.2, -0.15) is 4.52 Å². The van der Waals surface area contributed by atoms with E-state index in [9.17, 15) is 5.11 Å². The number of aryl methyl sites for hydroxylation is 2. The molecule has 144 valence electrons. The Bertz CT molecular complexity index is 906. The van der Waals surface area contributed by atoms with Gasteiger partial charge < -0.3 is 10.0 Å². The number of piperidine rings is 1. The van der Waals surface area contributed by atoms with Gasteiger partial charge in [-0.25, -0.2) is 4.98 Å². The number of aromatic nitrogens is 3. The third-order valence-corrected chi connectivity index (χ3v) is 6.95. The summed E-state index contributed by atoms with van der Waals surface area (Å²) in [6.45, 7) is 8.83. The average molecular weight is 386 g/mol. The molecule has 0 amide bonds. The smallest absolute Gasteiger partial charge is 0.235 e. The number of aromatic hydroxyl groups is 1. The highest BCUT2D eigenvalue weighted by Gasteiger charge is 2.34. The highest BCUT2D eigenvalue weighted by Crippen LogP contribution is 2.35. The van der Waals surface area contributed by atoms with E-state index in [-0.39, 0.29) is 11.9 Å². The fourth-order valence-corrected chi connectivity index (χ4v) is 5.23. The van der Waals surface area contributed by atoms with Crippen LogP contribution in [0.25, 0.3) is 4.96 Å². The molecule has 0 unspecified atom stereocenters. The molecule has 5 nitrogen and oxygen atoms in total. The molecule has 2 aromatic heterocycles. The van der Waals surface area contributed by atoms with Crippen LogP contribution in [0.1, 0.15) is 61.5 Å². The largest absolute Gasteiger partial charge is 0.492 e. The molecule has 1 atom stereocenters. The van der Waals surface area contributed by atoms with Crippen LogP contribution >= 0.6 is 11.3 Å². The van der Waals surface area contributed by atoms with E-state index in [1.54, 1.807) is 15.9 Å². The van der Waals surface area contributed by atoms with Crippen molar-refractivity contribution in [1.29, 1.82) is 0 Å². The van der Waals surface area contributed by atoms with Crippen LogP contribution in [0.5, 0.6) is 5.88 Å². The number of benzene rings is 1. The quantitative estimate of drug-likeness (QED) is 0.710. The normalized spacial score (nSPS) is 21.6. The number of likely N-dealkylation sites (tertiary alicyclic amines) is 1. The van der Waals surface area contributed by atoms with Crippen molar-refractivity contribution in [1.82, 2.24) is 14.6 Å². The molecule has 27 heavy (non-hydrogen) atoms. The molecule has 1 aromatic carbocycles. The summed E-state index contributed by atoms with van der Waals surface area (Å²) in [6, 6.07) is 9.06. The molecule has 4 rings (SSSR count). The van der Waals surface area contributed by atoms with Gasteiger partial charge in [0, 0.05) is 12.0 Å². The second kappa shape index (κ2) is 7.60. The number of nitrogens with zero attached hydrogens (tertiary/aromatic N) is 3. The molecule has 1 aliphatic rings. The Morgan fingerprint density at radius 1 is 1.19 bits per heavy atom. The topological polar surface area (TPSA) is 54.9 Å². The highest BCUT2D eigenvalue weighted by atomic mass is 32.1. The molecular formula is C21H29N4OS+. The molecule has 6 heteroatoms. The van der Waals surface area contributed by atoms with Gasteiger partial charge in [0.25, 0.3) is 0 Å². The van der Waals surface area contributed by atoms with Crippen molar-refractivity contribution < 1.29 is 10.0 Å². The number of quaternary nitrogens is 1. The predicted molar refractivity (Wildman–Crippen MR) is 109 cm³/mol. The zero-order valence-corrected chi connectivity index (χ0v) is 17.2. The van der Waals surface area contributed by atoms with Crippen LogP contribution in [0.2, 0.25) is 0 Å². The van der Waals surface area contributed by atoms with Crippen molar-refractivity contribution in [2.75, 3.05) is 13.1 Å². The van der Waals surface area contributed by atoms with E-state index in [0.717, 1.165) is 47.5 Å². The third-order valence-electron chi connectivity index (χ3n) is 5.87. The van der Waals surface area contributed by atoms with E-state index in [0.29, 0.717) is 0 Å². The molecule has 0 spiro atoms. The summed E-state index contributed by atoms with van der Waals surface area (Å²) in [5, 5.41) is 15.4. The van der Waals surface area contributed by atoms with Gasteiger partial charge in [-0.1, -0.05) is 56.4 Å². The van der Waals surface area contributed by atoms with Gasteiger partial charge >= 0.3 is 0 Å². The molecule has 2 N–H and O–H groups in total. The number of rotatable bonds is 5. The molecule has 1 aliphatic heterocycles. The summed E-state index contributed by atoms with van der Waals surface area (Å²) in [5.74, 6) is 1.84. The van der Waals surface area contributed by atoms with Gasteiger partial charge in [0.2, 0.25) is 10.8 Å². The Balaban J connectivity index is 1.77. The lowest BCUT2D eigenvalue weighted by Crippen LogP contribution is -3.13. The van der Waals surface area contributed by atoms with Crippen molar-refractivity contribution >= 4 is 16.3 Å². The molecule has 0 radical (unpaired) electrons. The molecular weight excluding hydrogens is 356 g/mol. The van der Waals surface area contributed by atoms with Crippen molar-refractivity contribution in [3.63, 3.8) is 0 Å². The van der Waals surface area contributed by atoms with Gasteiger partial charge in [0.15, 0.2) is 11.9 Å². The lowest BCUT2D eigenvalue weighted by Gasteiger charge is -2.33. The second-order valence-electron chi connectivity index (χ2n) is 7.73. The molecule has 1 fully saturated rings. The van der Waals surface area contributed by atoms with Crippen molar-refractivity contribution in [3.05, 3.63) is 46.1 Å². The first-order chi connectivity index (χ1) is 13.1. The van der Waals surface area contributed by atoms with Crippen LogP contribution in [0.4, 0.5) is 0 Å². The summed E-state index contributed by atoms with van der Waals surface area (Å²) in [7, 11) is 0. The lowest BCUT2D eigenvalue weighted by atomic mass is 9.94. The van der Waals surface area contributed by atoms with Crippen LogP contribution in [-0.2, 0) is 12.8 Å². The zero-order chi connectivity index (χ0) is 19.0. The summed E-state index contributed by atoms with van der Waals surface area (Å²) in [4.78, 5) is 7.89. The third kappa shape index (κ3) is 3.48. The van der Waals surface area contributed by atoms with Gasteiger partial charge in [-0.15, -0.1) is 5.10 Å². The fourth-order valence-electron chi connectivity index (χ4n) is 4.07. The first kappa shape index (κ1) is 18.4. The van der Waals surface area contributed by atoms with Crippen LogP contribution in [-0.4, -0.2) is 32.8 Å². The zero-order valence-electron chi connectivity index (χ0n) is 16.4. The molecule has 3 heterocycles. The number of thiazole rings is 1. The van der Waals surface area contributed by atoms with Crippen molar-refractivity contribution in [2.24, 2.45) is 5.92 Å². The minimum absolute atomic E-state index is 0.141. The SMILES string of the molecule is CCc1ccc([C@@H](c2sc3nc(CC)nn3c2O)[NH+]2CCC(C)CC2)cc1. The highest BCUT2D eigenvalue weighted by molar-refractivity contribution is 7.17. The summed E-state index contributed by atoms with van der Waals surface area (Å²) >= 11 is 1.59. The summed E-state index contributed by atoms with van der Waals surface area (Å²) < 4.78 is 1.62. The Labute approximate surface area is 164 Å². The minimum atomic E-state index is 0.141. The first-order valence-corrected chi connectivity index (χ1v) is 10.9. The number of hydrogen-bond acceptors (Lipinski definition) is 4. The summed E-state index contributed by atoms with van der Waals surface area (Å²) in [5.41, 5.74) is 2.62. The van der Waals surface area contributed by atoms with E-state index < -0.39 is 0 Å². The Kier molecular flexibility index (Phi) is 5.19. The Morgan fingerprint density at radius 2 is 1.89 bits per heavy atom. The van der Waals surface area contributed by atoms with E-state index in [2.05, 4.69) is 48.2 Å². The number of fused-ring (bicyclic) bond motifs is 1. The van der Waals surface area contributed by atoms with E-state index >= 15 is 0 Å². The molecule has 3 aromatic rings. The van der Waals surface area contributed by atoms with Gasteiger partial charge in [-0.3, -0.25) is 0 Å². The van der Waals surface area contributed by atoms with Gasteiger partial charge in [0.1, 0.15) is 4.88 Å². The van der Waals surface area contributed by atoms with E-state index in [4.69, 9.17) is 0 Å². The molecule has 0 saturated carbocycles. The van der Waals surface area contributed by atoms with Crippen LogP contribution in [0.15, 0.2) is 24.3 Å². The second-order valence-corrected chi connectivity index (χ2v) is 8.74. The molecule has 0 bridgehead atoms. The fraction of sp³-hybridized carbons (Fsp3) is 0.524. The van der Waals surface area contributed by atoms with Crippen molar-refractivity contribution in [2.45, 2.75) is 52.5 Å². The van der Waals surface area contributed by atoms with Gasteiger partial charge in [-0.05, 0) is 30.7 Å². The Hall–Kier alpha value is -1.92. The summed E-state index contributed by atoms with van der Waals surface area (Å²) in [6.07, 6.45) is 4.29. The maximum absolute atomic E-state index is 11.0. The monoisotopic (exact) mass is 385 g/mol. The van der Waals surface area contributed by atoms with E-state index in [1.165, 1.54) is 28.9 Å². The number of hydrogen-bond donors (Lipinski definition) is 2. The average Bonchev–Trinajstić information content (AvgIpc) is 3.23. The maximum Gasteiger partial charge on any atom is 0.235 e. The first-order valence-electron chi connectivity index (χ1n) is 10.1. The lowest BCUT2D eigenvalue weighted by molar-refractivity contribution is -0.931. The Morgan fingerprint density at radius 3 is 2.48 bits per heavy atom. The van der Waals surface area contributed by atoms with E-state index in [1.807, 2.05) is 6.92 Å². The number of nitrogens with one attached hydrogen (secondary N) is 1. The van der Waals surface area contributed by atoms with Crippen molar-refractivity contribution in [3.8, 4) is 5.88 Å². The molecule has 0 aliphatic carbocycles. The van der Waals surface area contributed by atoms with Crippen LogP contribution in [0, 0.1) is 5.92 Å². The standard InChI is InChI=1S/C21H28N4OS/c1-4-15-6-8-16(9-7-15)18(24-12-10-14(3)11-13-24)19-20(26)25-21(27-19)22-17(5-2)23-25/h6-9,14,18,26H,4-5,10-13H2,1-3H3/p+1/t18-/m0/s1. The minimum Gasteiger partial charge on any atom is -0.492 e. The van der Waals surface area contributed by atoms with Crippen LogP contribution < -0.4 is 4.90 Å². The maximum atomic E-state index is 11.0. The molecule has 1 saturated heterocycles. The van der Waals surface area contributed by atoms with Crippen LogP contribution in [0.3, 0.4) is 0 Å².